The van der Waals surface area contributed by atoms with Gasteiger partial charge in [0, 0.05) is 32.7 Å². The smallest absolute Gasteiger partial charge is 0.326 e. The first-order valence-corrected chi connectivity index (χ1v) is 8.28. The molecule has 136 valence electrons. The second-order valence-electron chi connectivity index (χ2n) is 6.38. The summed E-state index contributed by atoms with van der Waals surface area (Å²) >= 11 is 0. The standard InChI is InChI=1S/C18H21N5O3/c1-11-6-5-7-12(2)14(11)20-13(24)8-9-23-10-19-16-15(23)17(25)22(4)18(26)21(16)3/h5-7,10H,8-9H2,1-4H3,(H,20,24). The molecular formula is C18H21N5O3. The van der Waals surface area contributed by atoms with Crippen molar-refractivity contribution in [3.05, 3.63) is 56.5 Å². The van der Waals surface area contributed by atoms with Crippen LogP contribution in [-0.4, -0.2) is 24.6 Å². The van der Waals surface area contributed by atoms with Gasteiger partial charge in [0.25, 0.3) is 5.56 Å². The molecule has 0 aliphatic heterocycles. The maximum atomic E-state index is 12.4. The van der Waals surface area contributed by atoms with E-state index in [1.54, 1.807) is 11.6 Å². The summed E-state index contributed by atoms with van der Waals surface area (Å²) < 4.78 is 3.97. The molecule has 1 aromatic carbocycles. The number of amides is 1. The normalized spacial score (nSPS) is 11.1. The molecule has 3 rings (SSSR count). The lowest BCUT2D eigenvalue weighted by Gasteiger charge is -2.12. The van der Waals surface area contributed by atoms with Crippen LogP contribution in [0.3, 0.4) is 0 Å². The Bertz CT molecular complexity index is 1100. The summed E-state index contributed by atoms with van der Waals surface area (Å²) in [6.45, 7) is 4.17. The third-order valence-corrected chi connectivity index (χ3v) is 4.54. The average Bonchev–Trinajstić information content (AvgIpc) is 3.03. The van der Waals surface area contributed by atoms with E-state index in [4.69, 9.17) is 0 Å². The molecule has 0 radical (unpaired) electrons. The van der Waals surface area contributed by atoms with E-state index in [1.165, 1.54) is 17.9 Å². The predicted octanol–water partition coefficient (Wildman–Crippen LogP) is 1.08. The summed E-state index contributed by atoms with van der Waals surface area (Å²) in [6, 6.07) is 5.82. The molecule has 0 saturated heterocycles. The number of nitrogens with zero attached hydrogens (tertiary/aromatic N) is 4. The van der Waals surface area contributed by atoms with Crippen molar-refractivity contribution in [2.45, 2.75) is 26.8 Å². The zero-order valence-corrected chi connectivity index (χ0v) is 15.2. The quantitative estimate of drug-likeness (QED) is 0.758. The maximum absolute atomic E-state index is 12.4. The molecule has 0 aliphatic carbocycles. The molecule has 0 unspecified atom stereocenters. The number of nitrogens with one attached hydrogen (secondary N) is 1. The van der Waals surface area contributed by atoms with Crippen LogP contribution in [0.15, 0.2) is 34.1 Å². The fourth-order valence-corrected chi connectivity index (χ4v) is 3.00. The van der Waals surface area contributed by atoms with Crippen molar-refractivity contribution in [3.8, 4) is 0 Å². The van der Waals surface area contributed by atoms with Gasteiger partial charge in [0.15, 0.2) is 11.2 Å². The Labute approximate surface area is 149 Å². The Morgan fingerprint density at radius 1 is 1.12 bits per heavy atom. The summed E-state index contributed by atoms with van der Waals surface area (Å²) in [5, 5.41) is 2.92. The van der Waals surface area contributed by atoms with E-state index >= 15 is 0 Å². The Balaban J connectivity index is 1.84. The van der Waals surface area contributed by atoms with Crippen molar-refractivity contribution in [1.29, 1.82) is 0 Å². The average molecular weight is 355 g/mol. The number of hydrogen-bond donors (Lipinski definition) is 1. The molecule has 8 nitrogen and oxygen atoms in total. The molecule has 26 heavy (non-hydrogen) atoms. The highest BCUT2D eigenvalue weighted by molar-refractivity contribution is 5.92. The van der Waals surface area contributed by atoms with Crippen LogP contribution in [0, 0.1) is 13.8 Å². The van der Waals surface area contributed by atoms with E-state index in [0.717, 1.165) is 21.4 Å². The van der Waals surface area contributed by atoms with Gasteiger partial charge in [0.1, 0.15) is 0 Å². The number of rotatable bonds is 4. The molecule has 0 saturated carbocycles. The van der Waals surface area contributed by atoms with Gasteiger partial charge in [-0.2, -0.15) is 0 Å². The van der Waals surface area contributed by atoms with Crippen LogP contribution in [0.1, 0.15) is 17.5 Å². The fourth-order valence-electron chi connectivity index (χ4n) is 3.00. The zero-order valence-electron chi connectivity index (χ0n) is 15.2. The maximum Gasteiger partial charge on any atom is 0.332 e. The Morgan fingerprint density at radius 3 is 2.42 bits per heavy atom. The minimum absolute atomic E-state index is 0.147. The topological polar surface area (TPSA) is 90.9 Å². The van der Waals surface area contributed by atoms with E-state index < -0.39 is 11.2 Å². The number of carbonyl (C=O) groups is 1. The lowest BCUT2D eigenvalue weighted by molar-refractivity contribution is -0.116. The first-order valence-electron chi connectivity index (χ1n) is 8.28. The van der Waals surface area contributed by atoms with Crippen molar-refractivity contribution < 1.29 is 4.79 Å². The molecular weight excluding hydrogens is 334 g/mol. The number of carbonyl (C=O) groups excluding carboxylic acids is 1. The third-order valence-electron chi connectivity index (χ3n) is 4.54. The van der Waals surface area contributed by atoms with Gasteiger partial charge in [-0.1, -0.05) is 18.2 Å². The van der Waals surface area contributed by atoms with E-state index in [2.05, 4.69) is 10.3 Å². The van der Waals surface area contributed by atoms with Crippen molar-refractivity contribution >= 4 is 22.8 Å². The number of imidazole rings is 1. The molecule has 0 spiro atoms. The van der Waals surface area contributed by atoms with Crippen LogP contribution < -0.4 is 16.6 Å². The van der Waals surface area contributed by atoms with Crippen LogP contribution in [0.25, 0.3) is 11.2 Å². The largest absolute Gasteiger partial charge is 0.332 e. The highest BCUT2D eigenvalue weighted by atomic mass is 16.2. The molecule has 0 fully saturated rings. The molecule has 0 aliphatic rings. The number of fused-ring (bicyclic) bond motifs is 1. The molecule has 1 amide bonds. The minimum Gasteiger partial charge on any atom is -0.326 e. The lowest BCUT2D eigenvalue weighted by atomic mass is 10.1. The molecule has 0 bridgehead atoms. The zero-order chi connectivity index (χ0) is 19.0. The van der Waals surface area contributed by atoms with Crippen LogP contribution in [-0.2, 0) is 25.4 Å². The van der Waals surface area contributed by atoms with Crippen LogP contribution in [0.5, 0.6) is 0 Å². The number of aromatic nitrogens is 4. The number of benzene rings is 1. The monoisotopic (exact) mass is 355 g/mol. The number of para-hydroxylation sites is 1. The molecule has 3 aromatic rings. The van der Waals surface area contributed by atoms with Gasteiger partial charge in [0.2, 0.25) is 5.91 Å². The van der Waals surface area contributed by atoms with Gasteiger partial charge in [-0.05, 0) is 25.0 Å². The Hall–Kier alpha value is -3.16. The number of anilines is 1. The van der Waals surface area contributed by atoms with E-state index in [1.807, 2.05) is 32.0 Å². The third kappa shape index (κ3) is 2.94. The number of hydrogen-bond acceptors (Lipinski definition) is 4. The van der Waals surface area contributed by atoms with Gasteiger partial charge in [-0.3, -0.25) is 18.7 Å². The molecule has 0 atom stereocenters. The van der Waals surface area contributed by atoms with Crippen molar-refractivity contribution in [2.24, 2.45) is 14.1 Å². The summed E-state index contributed by atoms with van der Waals surface area (Å²) in [4.78, 5) is 40.8. The van der Waals surface area contributed by atoms with Crippen LogP contribution in [0.4, 0.5) is 5.69 Å². The summed E-state index contributed by atoms with van der Waals surface area (Å²) in [5.41, 5.74) is 2.58. The fraction of sp³-hybridized carbons (Fsp3) is 0.333. The van der Waals surface area contributed by atoms with Gasteiger partial charge >= 0.3 is 5.69 Å². The molecule has 8 heteroatoms. The highest BCUT2D eigenvalue weighted by Crippen LogP contribution is 2.19. The first kappa shape index (κ1) is 17.7. The highest BCUT2D eigenvalue weighted by Gasteiger charge is 2.15. The van der Waals surface area contributed by atoms with Crippen LogP contribution in [0.2, 0.25) is 0 Å². The van der Waals surface area contributed by atoms with Gasteiger partial charge in [-0.15, -0.1) is 0 Å². The number of aryl methyl sites for hydroxylation is 4. The van der Waals surface area contributed by atoms with E-state index in [0.29, 0.717) is 17.7 Å². The van der Waals surface area contributed by atoms with Gasteiger partial charge in [-0.25, -0.2) is 9.78 Å². The minimum atomic E-state index is -0.430. The van der Waals surface area contributed by atoms with Crippen LogP contribution >= 0.6 is 0 Å². The van der Waals surface area contributed by atoms with Gasteiger partial charge < -0.3 is 9.88 Å². The first-order chi connectivity index (χ1) is 12.3. The van der Waals surface area contributed by atoms with Crippen molar-refractivity contribution in [2.75, 3.05) is 5.32 Å². The predicted molar refractivity (Wildman–Crippen MR) is 99.4 cm³/mol. The summed E-state index contributed by atoms with van der Waals surface area (Å²) in [7, 11) is 2.99. The summed E-state index contributed by atoms with van der Waals surface area (Å²) in [6.07, 6.45) is 1.67. The van der Waals surface area contributed by atoms with Crippen molar-refractivity contribution in [3.63, 3.8) is 0 Å². The lowest BCUT2D eigenvalue weighted by Crippen LogP contribution is -2.37. The van der Waals surface area contributed by atoms with Gasteiger partial charge in [0.05, 0.1) is 6.33 Å². The van der Waals surface area contributed by atoms with E-state index in [-0.39, 0.29) is 12.3 Å². The molecule has 1 N–H and O–H groups in total. The Morgan fingerprint density at radius 2 is 1.77 bits per heavy atom. The second-order valence-corrected chi connectivity index (χ2v) is 6.38. The van der Waals surface area contributed by atoms with E-state index in [9.17, 15) is 14.4 Å². The second kappa shape index (κ2) is 6.62. The molecule has 2 heterocycles. The summed E-state index contributed by atoms with van der Waals surface area (Å²) in [5.74, 6) is -0.147. The Kier molecular flexibility index (Phi) is 4.50. The molecule has 2 aromatic heterocycles. The SMILES string of the molecule is Cc1cccc(C)c1NC(=O)CCn1cnc2c1c(=O)n(C)c(=O)n2C. The van der Waals surface area contributed by atoms with Crippen molar-refractivity contribution in [1.82, 2.24) is 18.7 Å².